The minimum absolute atomic E-state index is 0.284. The summed E-state index contributed by atoms with van der Waals surface area (Å²) in [4.78, 5) is 11.4. The van der Waals surface area contributed by atoms with Crippen molar-refractivity contribution in [1.29, 1.82) is 0 Å². The van der Waals surface area contributed by atoms with Crippen LogP contribution in [0.3, 0.4) is 0 Å². The van der Waals surface area contributed by atoms with E-state index in [4.69, 9.17) is 10.5 Å². The van der Waals surface area contributed by atoms with E-state index < -0.39 is 0 Å². The average Bonchev–Trinajstić information content (AvgIpc) is 3.14. The van der Waals surface area contributed by atoms with Crippen LogP contribution in [0.1, 0.15) is 36.0 Å². The first kappa shape index (κ1) is 14.9. The summed E-state index contributed by atoms with van der Waals surface area (Å²) >= 11 is 0. The van der Waals surface area contributed by atoms with Gasteiger partial charge in [-0.05, 0) is 44.7 Å². The zero-order valence-corrected chi connectivity index (χ0v) is 12.5. The van der Waals surface area contributed by atoms with Crippen molar-refractivity contribution in [3.05, 3.63) is 28.8 Å². The number of hydrogen-bond donors (Lipinski definition) is 2. The molecule has 3 N–H and O–H groups in total. The lowest BCUT2D eigenvalue weighted by Gasteiger charge is -2.17. The minimum Gasteiger partial charge on any atom is -0.493 e. The van der Waals surface area contributed by atoms with Crippen molar-refractivity contribution in [1.82, 2.24) is 5.32 Å². The molecule has 1 saturated carbocycles. The van der Waals surface area contributed by atoms with Crippen molar-refractivity contribution >= 4 is 5.91 Å². The van der Waals surface area contributed by atoms with E-state index >= 15 is 0 Å². The third kappa shape index (κ3) is 3.97. The van der Waals surface area contributed by atoms with Crippen molar-refractivity contribution in [3.63, 3.8) is 0 Å². The van der Waals surface area contributed by atoms with Gasteiger partial charge >= 0.3 is 0 Å². The number of nitrogens with two attached hydrogens (primary N) is 1. The zero-order chi connectivity index (χ0) is 14.7. The molecule has 1 unspecified atom stereocenters. The Morgan fingerprint density at radius 2 is 1.95 bits per heavy atom. The molecule has 1 aromatic rings. The monoisotopic (exact) mass is 276 g/mol. The number of primary amides is 1. The van der Waals surface area contributed by atoms with Gasteiger partial charge in [0, 0.05) is 12.5 Å². The molecular weight excluding hydrogens is 252 g/mol. The number of ether oxygens (including phenoxy) is 1. The molecule has 0 heterocycles. The molecule has 0 saturated heterocycles. The van der Waals surface area contributed by atoms with Crippen LogP contribution in [0.5, 0.6) is 5.75 Å². The molecular formula is C16H24N2O2. The molecule has 20 heavy (non-hydrogen) atoms. The number of aryl methyl sites for hydroxylation is 3. The average molecular weight is 276 g/mol. The Morgan fingerprint density at radius 3 is 2.45 bits per heavy atom. The molecule has 110 valence electrons. The molecule has 2 rings (SSSR count). The molecule has 0 radical (unpaired) electrons. The number of benzene rings is 1. The lowest BCUT2D eigenvalue weighted by atomic mass is 10.1. The molecule has 0 bridgehead atoms. The fraction of sp³-hybridized carbons (Fsp3) is 0.562. The van der Waals surface area contributed by atoms with Crippen LogP contribution in [0.2, 0.25) is 0 Å². The maximum atomic E-state index is 11.4. The normalized spacial score (nSPS) is 15.9. The van der Waals surface area contributed by atoms with E-state index in [2.05, 4.69) is 24.4 Å². The largest absolute Gasteiger partial charge is 0.493 e. The van der Waals surface area contributed by atoms with Crippen LogP contribution in [0.4, 0.5) is 0 Å². The standard InChI is InChI=1S/C16H24N2O2/c1-10-8-11(2)15(12(3)9-10)20-7-6-14(16(17)19)18-13-4-5-13/h8-9,13-14,18H,4-7H2,1-3H3,(H2,17,19). The highest BCUT2D eigenvalue weighted by Crippen LogP contribution is 2.25. The Bertz CT molecular complexity index is 472. The highest BCUT2D eigenvalue weighted by molar-refractivity contribution is 5.79. The Kier molecular flexibility index (Phi) is 4.65. The summed E-state index contributed by atoms with van der Waals surface area (Å²) in [5.41, 5.74) is 8.91. The number of hydrogen-bond acceptors (Lipinski definition) is 3. The lowest BCUT2D eigenvalue weighted by molar-refractivity contribution is -0.120. The molecule has 1 aliphatic carbocycles. The second-order valence-electron chi connectivity index (χ2n) is 5.76. The van der Waals surface area contributed by atoms with Gasteiger partial charge in [0.2, 0.25) is 5.91 Å². The summed E-state index contributed by atoms with van der Waals surface area (Å²) in [5.74, 6) is 0.628. The fourth-order valence-corrected chi connectivity index (χ4v) is 2.52. The van der Waals surface area contributed by atoms with Crippen LogP contribution < -0.4 is 15.8 Å². The van der Waals surface area contributed by atoms with Crippen molar-refractivity contribution < 1.29 is 9.53 Å². The van der Waals surface area contributed by atoms with E-state index in [1.165, 1.54) is 5.56 Å². The van der Waals surface area contributed by atoms with Crippen molar-refractivity contribution in [3.8, 4) is 5.75 Å². The van der Waals surface area contributed by atoms with Gasteiger partial charge in [-0.3, -0.25) is 4.79 Å². The third-order valence-corrected chi connectivity index (χ3v) is 3.62. The first-order valence-electron chi connectivity index (χ1n) is 7.23. The molecule has 1 atom stereocenters. The van der Waals surface area contributed by atoms with Crippen molar-refractivity contribution in [2.75, 3.05) is 6.61 Å². The maximum Gasteiger partial charge on any atom is 0.234 e. The second kappa shape index (κ2) is 6.27. The quantitative estimate of drug-likeness (QED) is 0.800. The van der Waals surface area contributed by atoms with E-state index in [1.807, 2.05) is 13.8 Å². The highest BCUT2D eigenvalue weighted by Gasteiger charge is 2.27. The van der Waals surface area contributed by atoms with Crippen molar-refractivity contribution in [2.24, 2.45) is 5.73 Å². The second-order valence-corrected chi connectivity index (χ2v) is 5.76. The van der Waals surface area contributed by atoms with Gasteiger partial charge in [0.15, 0.2) is 0 Å². The van der Waals surface area contributed by atoms with Gasteiger partial charge in [-0.25, -0.2) is 0 Å². The molecule has 0 spiro atoms. The number of rotatable bonds is 7. The molecule has 0 aromatic heterocycles. The van der Waals surface area contributed by atoms with Crippen LogP contribution >= 0.6 is 0 Å². The molecule has 4 heteroatoms. The maximum absolute atomic E-state index is 11.4. The number of carbonyl (C=O) groups excluding carboxylic acids is 1. The Balaban J connectivity index is 1.89. The minimum atomic E-state index is -0.294. The van der Waals surface area contributed by atoms with Gasteiger partial charge in [-0.15, -0.1) is 0 Å². The van der Waals surface area contributed by atoms with Crippen LogP contribution in [-0.4, -0.2) is 24.6 Å². The SMILES string of the molecule is Cc1cc(C)c(OCCC(NC2CC2)C(N)=O)c(C)c1. The molecule has 1 amide bonds. The predicted molar refractivity (Wildman–Crippen MR) is 79.9 cm³/mol. The van der Waals surface area contributed by atoms with E-state index in [0.717, 1.165) is 29.7 Å². The van der Waals surface area contributed by atoms with Crippen LogP contribution in [0, 0.1) is 20.8 Å². The van der Waals surface area contributed by atoms with E-state index in [-0.39, 0.29) is 11.9 Å². The third-order valence-electron chi connectivity index (χ3n) is 3.62. The predicted octanol–water partition coefficient (Wildman–Crippen LogP) is 1.99. The summed E-state index contributed by atoms with van der Waals surface area (Å²) in [7, 11) is 0. The van der Waals surface area contributed by atoms with Gasteiger partial charge < -0.3 is 15.8 Å². The van der Waals surface area contributed by atoms with E-state index in [0.29, 0.717) is 19.1 Å². The zero-order valence-electron chi connectivity index (χ0n) is 12.5. The van der Waals surface area contributed by atoms with E-state index in [1.54, 1.807) is 0 Å². The topological polar surface area (TPSA) is 64.3 Å². The summed E-state index contributed by atoms with van der Waals surface area (Å²) in [6, 6.07) is 4.40. The summed E-state index contributed by atoms with van der Waals surface area (Å²) in [6.07, 6.45) is 2.89. The fourth-order valence-electron chi connectivity index (χ4n) is 2.52. The molecule has 1 aliphatic rings. The van der Waals surface area contributed by atoms with Gasteiger partial charge in [0.05, 0.1) is 12.6 Å². The summed E-state index contributed by atoms with van der Waals surface area (Å²) in [5, 5.41) is 3.26. The first-order chi connectivity index (χ1) is 9.47. The highest BCUT2D eigenvalue weighted by atomic mass is 16.5. The van der Waals surface area contributed by atoms with Crippen LogP contribution in [0.25, 0.3) is 0 Å². The molecule has 0 aliphatic heterocycles. The summed E-state index contributed by atoms with van der Waals surface area (Å²) in [6.45, 7) is 6.66. The van der Waals surface area contributed by atoms with Crippen LogP contribution in [-0.2, 0) is 4.79 Å². The molecule has 1 aromatic carbocycles. The number of amides is 1. The van der Waals surface area contributed by atoms with Gasteiger partial charge in [-0.2, -0.15) is 0 Å². The van der Waals surface area contributed by atoms with Gasteiger partial charge in [0.25, 0.3) is 0 Å². The molecule has 1 fully saturated rings. The molecule has 4 nitrogen and oxygen atoms in total. The Morgan fingerprint density at radius 1 is 1.35 bits per heavy atom. The van der Waals surface area contributed by atoms with E-state index in [9.17, 15) is 4.79 Å². The summed E-state index contributed by atoms with van der Waals surface area (Å²) < 4.78 is 5.86. The van der Waals surface area contributed by atoms with Crippen LogP contribution in [0.15, 0.2) is 12.1 Å². The lowest BCUT2D eigenvalue weighted by Crippen LogP contribution is -2.43. The number of carbonyl (C=O) groups is 1. The number of nitrogens with one attached hydrogen (secondary N) is 1. The Labute approximate surface area is 120 Å². The van der Waals surface area contributed by atoms with Gasteiger partial charge in [-0.1, -0.05) is 17.7 Å². The first-order valence-corrected chi connectivity index (χ1v) is 7.23. The van der Waals surface area contributed by atoms with Crippen molar-refractivity contribution in [2.45, 2.75) is 52.1 Å². The smallest absolute Gasteiger partial charge is 0.234 e. The van der Waals surface area contributed by atoms with Gasteiger partial charge in [0.1, 0.15) is 5.75 Å². The Hall–Kier alpha value is -1.55.